The lowest BCUT2D eigenvalue weighted by Gasteiger charge is -2.02. The van der Waals surface area contributed by atoms with E-state index in [9.17, 15) is 9.59 Å². The van der Waals surface area contributed by atoms with E-state index in [2.05, 4.69) is 20.1 Å². The van der Waals surface area contributed by atoms with Crippen molar-refractivity contribution in [3.05, 3.63) is 24.3 Å². The van der Waals surface area contributed by atoms with E-state index in [0.29, 0.717) is 12.0 Å². The van der Waals surface area contributed by atoms with Gasteiger partial charge in [-0.05, 0) is 19.8 Å². The van der Waals surface area contributed by atoms with Crippen molar-refractivity contribution in [1.29, 1.82) is 0 Å². The third kappa shape index (κ3) is 18.4. The van der Waals surface area contributed by atoms with Crippen molar-refractivity contribution in [2.45, 2.75) is 78.1 Å². The van der Waals surface area contributed by atoms with Crippen molar-refractivity contribution in [3.63, 3.8) is 0 Å². The molecule has 0 aliphatic rings. The van der Waals surface area contributed by atoms with E-state index in [4.69, 9.17) is 10.2 Å². The number of rotatable bonds is 12. The standard InChI is InChI=1S/C14H26O2.C4H6O2/c1-3-4-5-6-7-8-9-10-11-12-13(2)14(15)16;1-3(2)4(5)6/h2-12H2,1H3,(H,15,16);1H2,2H3,(H,5,6). The molecule has 22 heavy (non-hydrogen) atoms. The quantitative estimate of drug-likeness (QED) is 0.384. The van der Waals surface area contributed by atoms with Gasteiger partial charge in [-0.3, -0.25) is 0 Å². The average molecular weight is 312 g/mol. The van der Waals surface area contributed by atoms with Crippen LogP contribution in [0.3, 0.4) is 0 Å². The van der Waals surface area contributed by atoms with Gasteiger partial charge in [0.15, 0.2) is 0 Å². The summed E-state index contributed by atoms with van der Waals surface area (Å²) in [4.78, 5) is 20.1. The lowest BCUT2D eigenvalue weighted by Crippen LogP contribution is -1.98. The second kappa shape index (κ2) is 15.8. The fourth-order valence-corrected chi connectivity index (χ4v) is 1.76. The Morgan fingerprint density at radius 1 is 0.773 bits per heavy atom. The summed E-state index contributed by atoms with van der Waals surface area (Å²) in [6.07, 6.45) is 12.0. The maximum atomic E-state index is 10.5. The second-order valence-corrected chi connectivity index (χ2v) is 5.57. The molecule has 0 rings (SSSR count). The summed E-state index contributed by atoms with van der Waals surface area (Å²) < 4.78 is 0. The predicted octanol–water partition coefficient (Wildman–Crippen LogP) is 5.20. The van der Waals surface area contributed by atoms with Crippen molar-refractivity contribution >= 4 is 11.9 Å². The molecule has 0 aromatic rings. The molecular formula is C18H32O4. The van der Waals surface area contributed by atoms with Crippen LogP contribution in [0.4, 0.5) is 0 Å². The third-order valence-corrected chi connectivity index (χ3v) is 3.25. The molecule has 2 N–H and O–H groups in total. The zero-order chi connectivity index (χ0) is 17.4. The zero-order valence-electron chi connectivity index (χ0n) is 14.2. The van der Waals surface area contributed by atoms with Crippen LogP contribution in [0, 0.1) is 0 Å². The highest BCUT2D eigenvalue weighted by Crippen LogP contribution is 2.12. The van der Waals surface area contributed by atoms with Crippen LogP contribution in [0.5, 0.6) is 0 Å². The van der Waals surface area contributed by atoms with Crippen molar-refractivity contribution in [1.82, 2.24) is 0 Å². The molecule has 0 spiro atoms. The normalized spacial score (nSPS) is 9.55. The van der Waals surface area contributed by atoms with Crippen molar-refractivity contribution in [3.8, 4) is 0 Å². The van der Waals surface area contributed by atoms with Gasteiger partial charge in [0.2, 0.25) is 0 Å². The molecule has 0 saturated heterocycles. The number of unbranched alkanes of at least 4 members (excludes halogenated alkanes) is 8. The molecule has 0 aliphatic heterocycles. The Labute approximate surface area is 134 Å². The molecule has 0 unspecified atom stereocenters. The van der Waals surface area contributed by atoms with Crippen LogP contribution in [-0.2, 0) is 9.59 Å². The summed E-state index contributed by atoms with van der Waals surface area (Å²) in [7, 11) is 0. The minimum atomic E-state index is -0.935. The van der Waals surface area contributed by atoms with Crippen LogP contribution in [0.2, 0.25) is 0 Å². The summed E-state index contributed by atoms with van der Waals surface area (Å²) in [5, 5.41) is 16.5. The largest absolute Gasteiger partial charge is 0.478 e. The number of carboxylic acids is 2. The summed E-state index contributed by atoms with van der Waals surface area (Å²) in [5.74, 6) is -1.78. The van der Waals surface area contributed by atoms with E-state index in [0.717, 1.165) is 12.8 Å². The van der Waals surface area contributed by atoms with Gasteiger partial charge in [-0.2, -0.15) is 0 Å². The van der Waals surface area contributed by atoms with Crippen LogP contribution >= 0.6 is 0 Å². The van der Waals surface area contributed by atoms with Gasteiger partial charge in [-0.1, -0.05) is 71.4 Å². The van der Waals surface area contributed by atoms with E-state index >= 15 is 0 Å². The number of carboxylic acid groups (broad SMARTS) is 2. The SMILES string of the molecule is C=C(C)C(=O)O.C=C(CCCCCCCCCCC)C(=O)O. The van der Waals surface area contributed by atoms with Crippen LogP contribution in [0.25, 0.3) is 0 Å². The maximum absolute atomic E-state index is 10.5. The molecule has 0 heterocycles. The van der Waals surface area contributed by atoms with Gasteiger partial charge >= 0.3 is 11.9 Å². The molecule has 0 fully saturated rings. The minimum Gasteiger partial charge on any atom is -0.478 e. The van der Waals surface area contributed by atoms with Gasteiger partial charge < -0.3 is 10.2 Å². The Morgan fingerprint density at radius 2 is 1.14 bits per heavy atom. The highest BCUT2D eigenvalue weighted by molar-refractivity contribution is 5.85. The molecule has 4 nitrogen and oxygen atoms in total. The Balaban J connectivity index is 0. The van der Waals surface area contributed by atoms with Crippen molar-refractivity contribution in [2.24, 2.45) is 0 Å². The Kier molecular flexibility index (Phi) is 16.3. The summed E-state index contributed by atoms with van der Waals surface area (Å²) in [6, 6.07) is 0. The van der Waals surface area contributed by atoms with E-state index in [-0.39, 0.29) is 5.57 Å². The Bertz CT molecular complexity index is 333. The molecule has 0 bridgehead atoms. The van der Waals surface area contributed by atoms with Crippen molar-refractivity contribution in [2.75, 3.05) is 0 Å². The molecular weight excluding hydrogens is 280 g/mol. The van der Waals surface area contributed by atoms with Crippen LogP contribution in [-0.4, -0.2) is 22.2 Å². The number of aliphatic carboxylic acids is 2. The smallest absolute Gasteiger partial charge is 0.330 e. The van der Waals surface area contributed by atoms with E-state index in [1.165, 1.54) is 51.9 Å². The second-order valence-electron chi connectivity index (χ2n) is 5.57. The molecule has 0 radical (unpaired) electrons. The van der Waals surface area contributed by atoms with Gasteiger partial charge in [0.1, 0.15) is 0 Å². The van der Waals surface area contributed by atoms with E-state index < -0.39 is 11.9 Å². The first kappa shape index (κ1) is 22.7. The summed E-state index contributed by atoms with van der Waals surface area (Å²) >= 11 is 0. The third-order valence-electron chi connectivity index (χ3n) is 3.25. The average Bonchev–Trinajstić information content (AvgIpc) is 2.45. The monoisotopic (exact) mass is 312 g/mol. The van der Waals surface area contributed by atoms with Crippen LogP contribution in [0.1, 0.15) is 78.1 Å². The zero-order valence-corrected chi connectivity index (χ0v) is 14.2. The Hall–Kier alpha value is -1.58. The minimum absolute atomic E-state index is 0.176. The number of hydrogen-bond donors (Lipinski definition) is 2. The first-order valence-corrected chi connectivity index (χ1v) is 8.12. The molecule has 0 aliphatic carbocycles. The van der Waals surface area contributed by atoms with Crippen LogP contribution in [0.15, 0.2) is 24.3 Å². The summed E-state index contributed by atoms with van der Waals surface area (Å²) in [6.45, 7) is 10.4. The lowest BCUT2D eigenvalue weighted by molar-refractivity contribution is -0.133. The molecule has 4 heteroatoms. The van der Waals surface area contributed by atoms with Gasteiger partial charge in [0, 0.05) is 11.1 Å². The van der Waals surface area contributed by atoms with Gasteiger partial charge in [-0.15, -0.1) is 0 Å². The summed E-state index contributed by atoms with van der Waals surface area (Å²) in [5.41, 5.74) is 0.526. The molecule has 128 valence electrons. The van der Waals surface area contributed by atoms with Gasteiger partial charge in [0.05, 0.1) is 0 Å². The predicted molar refractivity (Wildman–Crippen MR) is 91.1 cm³/mol. The molecule has 0 amide bonds. The Morgan fingerprint density at radius 3 is 1.45 bits per heavy atom. The van der Waals surface area contributed by atoms with Crippen LogP contribution < -0.4 is 0 Å². The first-order valence-electron chi connectivity index (χ1n) is 8.12. The van der Waals surface area contributed by atoms with E-state index in [1.807, 2.05) is 0 Å². The van der Waals surface area contributed by atoms with Crippen molar-refractivity contribution < 1.29 is 19.8 Å². The fraction of sp³-hybridized carbons (Fsp3) is 0.667. The fourth-order valence-electron chi connectivity index (χ4n) is 1.76. The topological polar surface area (TPSA) is 74.6 Å². The van der Waals surface area contributed by atoms with Gasteiger partial charge in [-0.25, -0.2) is 9.59 Å². The van der Waals surface area contributed by atoms with E-state index in [1.54, 1.807) is 0 Å². The lowest BCUT2D eigenvalue weighted by atomic mass is 10.0. The maximum Gasteiger partial charge on any atom is 0.330 e. The molecule has 0 aromatic carbocycles. The highest BCUT2D eigenvalue weighted by Gasteiger charge is 2.02. The first-order chi connectivity index (χ1) is 10.3. The molecule has 0 atom stereocenters. The highest BCUT2D eigenvalue weighted by atomic mass is 16.4. The molecule has 0 aromatic heterocycles. The number of carbonyl (C=O) groups is 2. The van der Waals surface area contributed by atoms with Gasteiger partial charge in [0.25, 0.3) is 0 Å². The number of hydrogen-bond acceptors (Lipinski definition) is 2. The molecule has 0 saturated carbocycles.